The predicted molar refractivity (Wildman–Crippen MR) is 71.0 cm³/mol. The lowest BCUT2D eigenvalue weighted by Crippen LogP contribution is -2.51. The number of nitrogens with zero attached hydrogens (tertiary/aromatic N) is 1. The molecule has 1 heterocycles. The summed E-state index contributed by atoms with van der Waals surface area (Å²) in [6, 6.07) is 0. The normalized spacial score (nSPS) is 15.9. The van der Waals surface area contributed by atoms with E-state index in [2.05, 4.69) is 29.4 Å². The molecule has 0 aromatic rings. The number of amides is 1. The van der Waals surface area contributed by atoms with Crippen LogP contribution in [-0.4, -0.2) is 50.1 Å². The number of hydrogen-bond acceptors (Lipinski definition) is 3. The maximum absolute atomic E-state index is 11.6. The van der Waals surface area contributed by atoms with Crippen molar-refractivity contribution >= 4 is 5.91 Å². The Morgan fingerprint density at radius 1 is 1.24 bits per heavy atom. The van der Waals surface area contributed by atoms with E-state index in [0.29, 0.717) is 0 Å². The van der Waals surface area contributed by atoms with Crippen LogP contribution in [0, 0.1) is 5.92 Å². The quantitative estimate of drug-likeness (QED) is 0.588. The average molecular weight is 241 g/mol. The van der Waals surface area contributed by atoms with E-state index in [9.17, 15) is 4.79 Å². The van der Waals surface area contributed by atoms with Gasteiger partial charge in [-0.25, -0.2) is 0 Å². The first-order valence-electron chi connectivity index (χ1n) is 6.98. The molecule has 0 aromatic carbocycles. The van der Waals surface area contributed by atoms with Crippen LogP contribution in [-0.2, 0) is 4.79 Å². The Hall–Kier alpha value is -0.610. The second-order valence-electron chi connectivity index (χ2n) is 4.84. The third kappa shape index (κ3) is 5.50. The van der Waals surface area contributed by atoms with E-state index >= 15 is 0 Å². The van der Waals surface area contributed by atoms with Gasteiger partial charge in [0.15, 0.2) is 0 Å². The van der Waals surface area contributed by atoms with Crippen LogP contribution in [0.15, 0.2) is 0 Å². The molecule has 17 heavy (non-hydrogen) atoms. The second kappa shape index (κ2) is 8.48. The van der Waals surface area contributed by atoms with Crippen LogP contribution in [0.1, 0.15) is 33.1 Å². The van der Waals surface area contributed by atoms with Crippen LogP contribution in [0.2, 0.25) is 0 Å². The molecular weight excluding hydrogens is 214 g/mol. The predicted octanol–water partition coefficient (Wildman–Crippen LogP) is 0.834. The van der Waals surface area contributed by atoms with Crippen molar-refractivity contribution in [2.24, 2.45) is 5.92 Å². The van der Waals surface area contributed by atoms with Crippen molar-refractivity contribution in [1.29, 1.82) is 0 Å². The maximum atomic E-state index is 11.6. The lowest BCUT2D eigenvalue weighted by atomic mass is 10.0. The molecule has 0 aromatic heterocycles. The van der Waals surface area contributed by atoms with Gasteiger partial charge in [-0.2, -0.15) is 0 Å². The zero-order valence-electron chi connectivity index (χ0n) is 11.3. The number of nitrogens with one attached hydrogen (secondary N) is 2. The summed E-state index contributed by atoms with van der Waals surface area (Å²) >= 11 is 0. The van der Waals surface area contributed by atoms with Gasteiger partial charge in [0.25, 0.3) is 0 Å². The summed E-state index contributed by atoms with van der Waals surface area (Å²) in [6.07, 6.45) is 3.48. The minimum atomic E-state index is 0.220. The van der Waals surface area contributed by atoms with E-state index in [1.807, 2.05) is 0 Å². The highest BCUT2D eigenvalue weighted by Gasteiger charge is 2.23. The first-order valence-corrected chi connectivity index (χ1v) is 6.98. The van der Waals surface area contributed by atoms with Crippen LogP contribution in [0.4, 0.5) is 0 Å². The van der Waals surface area contributed by atoms with Crippen molar-refractivity contribution < 1.29 is 4.79 Å². The number of rotatable bonds is 9. The van der Waals surface area contributed by atoms with Gasteiger partial charge in [0.05, 0.1) is 5.92 Å². The molecule has 0 unspecified atom stereocenters. The average Bonchev–Trinajstić information content (AvgIpc) is 2.22. The zero-order chi connectivity index (χ0) is 12.5. The molecule has 2 N–H and O–H groups in total. The minimum Gasteiger partial charge on any atom is -0.356 e. The van der Waals surface area contributed by atoms with Gasteiger partial charge in [0, 0.05) is 19.6 Å². The first-order chi connectivity index (χ1) is 8.27. The Kier molecular flexibility index (Phi) is 7.21. The van der Waals surface area contributed by atoms with E-state index in [1.54, 1.807) is 0 Å². The molecule has 1 aliphatic rings. The summed E-state index contributed by atoms with van der Waals surface area (Å²) in [4.78, 5) is 14.0. The molecule has 1 saturated heterocycles. The number of carbonyl (C=O) groups is 1. The van der Waals surface area contributed by atoms with E-state index in [0.717, 1.165) is 32.6 Å². The van der Waals surface area contributed by atoms with Crippen molar-refractivity contribution in [3.63, 3.8) is 0 Å². The molecule has 0 aliphatic carbocycles. The maximum Gasteiger partial charge on any atom is 0.225 e. The molecule has 4 nitrogen and oxygen atoms in total. The van der Waals surface area contributed by atoms with E-state index in [1.165, 1.54) is 25.9 Å². The molecule has 1 fully saturated rings. The van der Waals surface area contributed by atoms with Gasteiger partial charge in [-0.15, -0.1) is 0 Å². The van der Waals surface area contributed by atoms with Gasteiger partial charge >= 0.3 is 0 Å². The summed E-state index contributed by atoms with van der Waals surface area (Å²) in [6.45, 7) is 10.4. The fourth-order valence-electron chi connectivity index (χ4n) is 2.10. The Bertz CT molecular complexity index is 211. The van der Waals surface area contributed by atoms with Crippen LogP contribution < -0.4 is 10.6 Å². The van der Waals surface area contributed by atoms with Gasteiger partial charge in [0.2, 0.25) is 5.91 Å². The van der Waals surface area contributed by atoms with Crippen LogP contribution in [0.25, 0.3) is 0 Å². The van der Waals surface area contributed by atoms with Gasteiger partial charge in [0.1, 0.15) is 0 Å². The lowest BCUT2D eigenvalue weighted by Gasteiger charge is -2.26. The Labute approximate surface area is 105 Å². The third-order valence-corrected chi connectivity index (χ3v) is 3.18. The fourth-order valence-corrected chi connectivity index (χ4v) is 2.10. The molecule has 0 radical (unpaired) electrons. The van der Waals surface area contributed by atoms with Crippen molar-refractivity contribution in [1.82, 2.24) is 15.5 Å². The number of hydrogen-bond donors (Lipinski definition) is 2. The Morgan fingerprint density at radius 3 is 2.35 bits per heavy atom. The van der Waals surface area contributed by atoms with E-state index in [-0.39, 0.29) is 11.8 Å². The SMILES string of the molecule is CCCN(CCC)CCCNC(=O)C1CNC1. The zero-order valence-corrected chi connectivity index (χ0v) is 11.3. The summed E-state index contributed by atoms with van der Waals surface area (Å²) in [5, 5.41) is 6.13. The molecule has 4 heteroatoms. The van der Waals surface area contributed by atoms with Crippen LogP contribution in [0.5, 0.6) is 0 Å². The highest BCUT2D eigenvalue weighted by Crippen LogP contribution is 2.02. The molecule has 0 spiro atoms. The van der Waals surface area contributed by atoms with Crippen molar-refractivity contribution in [2.75, 3.05) is 39.3 Å². The smallest absolute Gasteiger partial charge is 0.225 e. The molecule has 100 valence electrons. The molecular formula is C13H27N3O. The molecule has 0 atom stereocenters. The summed E-state index contributed by atoms with van der Waals surface area (Å²) in [5.74, 6) is 0.443. The lowest BCUT2D eigenvalue weighted by molar-refractivity contribution is -0.126. The number of carbonyl (C=O) groups excluding carboxylic acids is 1. The third-order valence-electron chi connectivity index (χ3n) is 3.18. The fraction of sp³-hybridized carbons (Fsp3) is 0.923. The van der Waals surface area contributed by atoms with Crippen molar-refractivity contribution in [3.05, 3.63) is 0 Å². The van der Waals surface area contributed by atoms with Crippen LogP contribution >= 0.6 is 0 Å². The summed E-state index contributed by atoms with van der Waals surface area (Å²) < 4.78 is 0. The van der Waals surface area contributed by atoms with Crippen LogP contribution in [0.3, 0.4) is 0 Å². The van der Waals surface area contributed by atoms with Gasteiger partial charge in [-0.05, 0) is 38.9 Å². The summed E-state index contributed by atoms with van der Waals surface area (Å²) in [5.41, 5.74) is 0. The van der Waals surface area contributed by atoms with Gasteiger partial charge in [-0.1, -0.05) is 13.8 Å². The monoisotopic (exact) mass is 241 g/mol. The minimum absolute atomic E-state index is 0.220. The molecule has 0 bridgehead atoms. The van der Waals surface area contributed by atoms with Crippen molar-refractivity contribution in [3.8, 4) is 0 Å². The highest BCUT2D eigenvalue weighted by atomic mass is 16.2. The van der Waals surface area contributed by atoms with Crippen molar-refractivity contribution in [2.45, 2.75) is 33.1 Å². The highest BCUT2D eigenvalue weighted by molar-refractivity contribution is 5.79. The van der Waals surface area contributed by atoms with E-state index in [4.69, 9.17) is 0 Å². The topological polar surface area (TPSA) is 44.4 Å². The second-order valence-corrected chi connectivity index (χ2v) is 4.84. The standard InChI is InChI=1S/C13H27N3O/c1-3-7-16(8-4-2)9-5-6-15-13(17)12-10-14-11-12/h12,14H,3-11H2,1-2H3,(H,15,17). The molecule has 1 aliphatic heterocycles. The Morgan fingerprint density at radius 2 is 1.88 bits per heavy atom. The summed E-state index contributed by atoms with van der Waals surface area (Å²) in [7, 11) is 0. The van der Waals surface area contributed by atoms with Gasteiger partial charge in [-0.3, -0.25) is 4.79 Å². The molecule has 1 rings (SSSR count). The first kappa shape index (κ1) is 14.5. The largest absolute Gasteiger partial charge is 0.356 e. The Balaban J connectivity index is 2.02. The molecule has 1 amide bonds. The van der Waals surface area contributed by atoms with E-state index < -0.39 is 0 Å². The molecule has 0 saturated carbocycles. The van der Waals surface area contributed by atoms with Gasteiger partial charge < -0.3 is 15.5 Å².